The molecule has 2 aromatic rings. The lowest BCUT2D eigenvalue weighted by molar-refractivity contribution is -0.133. The molecule has 0 radical (unpaired) electrons. The molecule has 6 heteroatoms. The number of hydrogen-bond donors (Lipinski definition) is 2. The van der Waals surface area contributed by atoms with Gasteiger partial charge in [0, 0.05) is 17.3 Å². The second-order valence-corrected chi connectivity index (χ2v) is 6.39. The first-order valence-corrected chi connectivity index (χ1v) is 8.24. The van der Waals surface area contributed by atoms with E-state index in [1.165, 1.54) is 0 Å². The summed E-state index contributed by atoms with van der Waals surface area (Å²) < 4.78 is 0. The maximum atomic E-state index is 12.4. The number of rotatable bonds is 4. The summed E-state index contributed by atoms with van der Waals surface area (Å²) >= 11 is 1.55. The average molecular weight is 327 g/mol. The maximum absolute atomic E-state index is 12.4. The number of aryl methyl sites for hydroxylation is 1. The number of amides is 2. The van der Waals surface area contributed by atoms with E-state index < -0.39 is 5.92 Å². The smallest absolute Gasteiger partial charge is 0.253 e. The third kappa shape index (κ3) is 3.32. The van der Waals surface area contributed by atoms with Gasteiger partial charge in [0.15, 0.2) is 0 Å². The third-order valence-electron chi connectivity index (χ3n) is 3.95. The Bertz CT molecular complexity index is 739. The van der Waals surface area contributed by atoms with Crippen LogP contribution < -0.4 is 10.7 Å². The molecule has 0 aliphatic carbocycles. The Balaban J connectivity index is 1.71. The molecule has 1 saturated heterocycles. The molecular weight excluding hydrogens is 310 g/mol. The van der Waals surface area contributed by atoms with Crippen LogP contribution in [-0.2, 0) is 9.59 Å². The van der Waals surface area contributed by atoms with Crippen LogP contribution in [0.15, 0.2) is 46.9 Å². The SMILES string of the molecule is Cc1ccsc1/C=N\NC(=O)[C@@H]1C(=O)NC[C@@H]1c1ccccc1. The van der Waals surface area contributed by atoms with Crippen LogP contribution in [0.25, 0.3) is 0 Å². The zero-order valence-electron chi connectivity index (χ0n) is 12.7. The minimum Gasteiger partial charge on any atom is -0.355 e. The molecule has 0 spiro atoms. The molecule has 118 valence electrons. The van der Waals surface area contributed by atoms with Gasteiger partial charge in [-0.05, 0) is 29.5 Å². The monoisotopic (exact) mass is 327 g/mol. The summed E-state index contributed by atoms with van der Waals surface area (Å²) in [5.41, 5.74) is 4.58. The molecule has 1 aliphatic rings. The molecule has 0 bridgehead atoms. The van der Waals surface area contributed by atoms with Gasteiger partial charge in [0.1, 0.15) is 5.92 Å². The molecule has 3 rings (SSSR count). The first kappa shape index (κ1) is 15.4. The highest BCUT2D eigenvalue weighted by Crippen LogP contribution is 2.28. The fourth-order valence-electron chi connectivity index (χ4n) is 2.67. The third-order valence-corrected chi connectivity index (χ3v) is 4.90. The Kier molecular flexibility index (Phi) is 4.52. The normalized spacial score (nSPS) is 20.7. The van der Waals surface area contributed by atoms with Crippen molar-refractivity contribution in [3.8, 4) is 0 Å². The number of thiophene rings is 1. The Morgan fingerprint density at radius 3 is 2.83 bits per heavy atom. The molecular formula is C17H17N3O2S. The summed E-state index contributed by atoms with van der Waals surface area (Å²) in [6.07, 6.45) is 1.61. The zero-order chi connectivity index (χ0) is 16.2. The fraction of sp³-hybridized carbons (Fsp3) is 0.235. The largest absolute Gasteiger partial charge is 0.355 e. The molecule has 5 nitrogen and oxygen atoms in total. The lowest BCUT2D eigenvalue weighted by Gasteiger charge is -2.15. The van der Waals surface area contributed by atoms with Crippen molar-refractivity contribution in [3.05, 3.63) is 57.8 Å². The van der Waals surface area contributed by atoms with Gasteiger partial charge in [-0.3, -0.25) is 9.59 Å². The van der Waals surface area contributed by atoms with Crippen molar-refractivity contribution in [1.29, 1.82) is 0 Å². The molecule has 0 unspecified atom stereocenters. The fourth-order valence-corrected chi connectivity index (χ4v) is 3.46. The van der Waals surface area contributed by atoms with Crippen LogP contribution in [0.1, 0.15) is 21.9 Å². The Labute approximate surface area is 138 Å². The Morgan fingerprint density at radius 1 is 1.35 bits per heavy atom. The van der Waals surface area contributed by atoms with E-state index in [4.69, 9.17) is 0 Å². The zero-order valence-corrected chi connectivity index (χ0v) is 13.5. The molecule has 23 heavy (non-hydrogen) atoms. The molecule has 1 aromatic heterocycles. The van der Waals surface area contributed by atoms with Gasteiger partial charge in [-0.15, -0.1) is 11.3 Å². The van der Waals surface area contributed by atoms with Crippen molar-refractivity contribution in [3.63, 3.8) is 0 Å². The highest BCUT2D eigenvalue weighted by atomic mass is 32.1. The van der Waals surface area contributed by atoms with E-state index in [2.05, 4.69) is 15.8 Å². The van der Waals surface area contributed by atoms with Crippen LogP contribution >= 0.6 is 11.3 Å². The number of nitrogens with one attached hydrogen (secondary N) is 2. The molecule has 2 atom stereocenters. The van der Waals surface area contributed by atoms with Gasteiger partial charge in [0.25, 0.3) is 5.91 Å². The van der Waals surface area contributed by atoms with E-state index >= 15 is 0 Å². The number of carbonyl (C=O) groups excluding carboxylic acids is 2. The first-order chi connectivity index (χ1) is 11.2. The minimum atomic E-state index is -0.751. The number of hydrogen-bond acceptors (Lipinski definition) is 4. The Morgan fingerprint density at radius 2 is 2.13 bits per heavy atom. The predicted octanol–water partition coefficient (Wildman–Crippen LogP) is 2.04. The van der Waals surface area contributed by atoms with Crippen molar-refractivity contribution >= 4 is 29.4 Å². The van der Waals surface area contributed by atoms with Crippen LogP contribution in [0.5, 0.6) is 0 Å². The molecule has 0 saturated carbocycles. The van der Waals surface area contributed by atoms with Gasteiger partial charge in [-0.1, -0.05) is 30.3 Å². The van der Waals surface area contributed by atoms with E-state index in [0.717, 1.165) is 16.0 Å². The molecule has 1 aromatic carbocycles. The molecule has 1 fully saturated rings. The first-order valence-electron chi connectivity index (χ1n) is 7.36. The molecule has 2 heterocycles. The van der Waals surface area contributed by atoms with E-state index in [1.54, 1.807) is 17.6 Å². The highest BCUT2D eigenvalue weighted by Gasteiger charge is 2.40. The van der Waals surface area contributed by atoms with Gasteiger partial charge in [-0.25, -0.2) is 5.43 Å². The van der Waals surface area contributed by atoms with Gasteiger partial charge >= 0.3 is 0 Å². The number of benzene rings is 1. The number of nitrogens with zero attached hydrogens (tertiary/aromatic N) is 1. The summed E-state index contributed by atoms with van der Waals surface area (Å²) in [7, 11) is 0. The van der Waals surface area contributed by atoms with Gasteiger partial charge in [0.2, 0.25) is 5.91 Å². The van der Waals surface area contributed by atoms with E-state index in [1.807, 2.05) is 48.7 Å². The van der Waals surface area contributed by atoms with Crippen molar-refractivity contribution in [2.75, 3.05) is 6.54 Å². The van der Waals surface area contributed by atoms with E-state index in [-0.39, 0.29) is 17.7 Å². The summed E-state index contributed by atoms with van der Waals surface area (Å²) in [6, 6.07) is 11.6. The van der Waals surface area contributed by atoms with Crippen molar-refractivity contribution < 1.29 is 9.59 Å². The van der Waals surface area contributed by atoms with Gasteiger partial charge in [-0.2, -0.15) is 5.10 Å². The number of hydrazone groups is 1. The number of carbonyl (C=O) groups is 2. The predicted molar refractivity (Wildman–Crippen MR) is 90.5 cm³/mol. The van der Waals surface area contributed by atoms with E-state index in [9.17, 15) is 9.59 Å². The van der Waals surface area contributed by atoms with Crippen molar-refractivity contribution in [1.82, 2.24) is 10.7 Å². The molecule has 1 aliphatic heterocycles. The second kappa shape index (κ2) is 6.75. The van der Waals surface area contributed by atoms with Crippen molar-refractivity contribution in [2.24, 2.45) is 11.0 Å². The van der Waals surface area contributed by atoms with Crippen LogP contribution in [0.3, 0.4) is 0 Å². The van der Waals surface area contributed by atoms with E-state index in [0.29, 0.717) is 6.54 Å². The molecule has 2 amide bonds. The maximum Gasteiger partial charge on any atom is 0.253 e. The summed E-state index contributed by atoms with van der Waals surface area (Å²) in [5, 5.41) is 8.72. The lowest BCUT2D eigenvalue weighted by Crippen LogP contribution is -2.34. The average Bonchev–Trinajstić information content (AvgIpc) is 3.14. The highest BCUT2D eigenvalue weighted by molar-refractivity contribution is 7.11. The quantitative estimate of drug-likeness (QED) is 0.512. The van der Waals surface area contributed by atoms with Crippen LogP contribution in [-0.4, -0.2) is 24.6 Å². The summed E-state index contributed by atoms with van der Waals surface area (Å²) in [5.74, 6) is -1.54. The summed E-state index contributed by atoms with van der Waals surface area (Å²) in [6.45, 7) is 2.45. The summed E-state index contributed by atoms with van der Waals surface area (Å²) in [4.78, 5) is 25.4. The van der Waals surface area contributed by atoms with Crippen LogP contribution in [0, 0.1) is 12.8 Å². The van der Waals surface area contributed by atoms with Gasteiger partial charge < -0.3 is 5.32 Å². The second-order valence-electron chi connectivity index (χ2n) is 5.44. The topological polar surface area (TPSA) is 70.6 Å². The minimum absolute atomic E-state index is 0.164. The van der Waals surface area contributed by atoms with Gasteiger partial charge in [0.05, 0.1) is 6.21 Å². The standard InChI is InChI=1S/C17H17N3O2S/c1-11-7-8-23-14(11)10-19-20-17(22)15-13(9-18-16(15)21)12-5-3-2-4-6-12/h2-8,10,13,15H,9H2,1H3,(H,18,21)(H,20,22)/b19-10-/t13-,15+/m1/s1. The molecule has 2 N–H and O–H groups in total. The van der Waals surface area contributed by atoms with Crippen LogP contribution in [0.4, 0.5) is 0 Å². The lowest BCUT2D eigenvalue weighted by atomic mass is 9.88. The Hall–Kier alpha value is -2.47. The van der Waals surface area contributed by atoms with Crippen molar-refractivity contribution in [2.45, 2.75) is 12.8 Å². The van der Waals surface area contributed by atoms with Crippen LogP contribution in [0.2, 0.25) is 0 Å².